The van der Waals surface area contributed by atoms with Crippen molar-refractivity contribution in [3.8, 4) is 0 Å². The summed E-state index contributed by atoms with van der Waals surface area (Å²) < 4.78 is 34.2. The van der Waals surface area contributed by atoms with Gasteiger partial charge in [-0.1, -0.05) is 44.2 Å². The summed E-state index contributed by atoms with van der Waals surface area (Å²) in [6.07, 6.45) is 3.31. The van der Waals surface area contributed by atoms with E-state index in [0.717, 1.165) is 35.2 Å². The fourth-order valence-electron chi connectivity index (χ4n) is 5.56. The highest BCUT2D eigenvalue weighted by Gasteiger charge is 2.48. The number of hydrogen-bond donors (Lipinski definition) is 0. The topological polar surface area (TPSA) is 127 Å². The molecule has 0 N–H and O–H groups in total. The Kier molecular flexibility index (Phi) is 8.37. The molecule has 0 bridgehead atoms. The average Bonchev–Trinajstić information content (AvgIpc) is 3.34. The summed E-state index contributed by atoms with van der Waals surface area (Å²) >= 11 is 0. The number of nitro benzene ring substituents is 1. The minimum atomic E-state index is -4.40. The molecule has 1 fully saturated rings. The van der Waals surface area contributed by atoms with Gasteiger partial charge in [0, 0.05) is 25.6 Å². The Labute approximate surface area is 235 Å². The molecule has 0 aromatic heterocycles. The van der Waals surface area contributed by atoms with Crippen LogP contribution in [-0.2, 0) is 43.6 Å². The van der Waals surface area contributed by atoms with Gasteiger partial charge < -0.3 is 9.64 Å². The van der Waals surface area contributed by atoms with Gasteiger partial charge in [-0.05, 0) is 68.7 Å². The smallest absolute Gasteiger partial charge is 0.329 e. The lowest BCUT2D eigenvalue weighted by molar-refractivity contribution is -0.387. The number of carbonyl (C=O) groups excluding carboxylic acids is 2. The van der Waals surface area contributed by atoms with Crippen molar-refractivity contribution in [3.05, 3.63) is 69.3 Å². The Morgan fingerprint density at radius 3 is 2.42 bits per heavy atom. The molecule has 2 aromatic carbocycles. The zero-order chi connectivity index (χ0) is 29.4. The number of sulfonamides is 1. The van der Waals surface area contributed by atoms with E-state index in [1.165, 1.54) is 34.2 Å². The van der Waals surface area contributed by atoms with Crippen LogP contribution in [0.3, 0.4) is 0 Å². The molecule has 1 aliphatic heterocycles. The maximum absolute atomic E-state index is 14.0. The Hall–Kier alpha value is -3.31. The maximum Gasteiger partial charge on any atom is 0.329 e. The third kappa shape index (κ3) is 6.05. The SMILES string of the molecule is CC(C)C1C(=O)N([C@@H](Cc2ccc3c(c2)CCC3)C(=O)OC(C)(C)C)CCN1S(=O)(=O)c1ccccc1[N+](=O)[O-]. The van der Waals surface area contributed by atoms with Gasteiger partial charge in [-0.15, -0.1) is 0 Å². The Morgan fingerprint density at radius 2 is 1.77 bits per heavy atom. The first-order valence-electron chi connectivity index (χ1n) is 13.6. The van der Waals surface area contributed by atoms with Crippen LogP contribution >= 0.6 is 0 Å². The molecule has 11 heteroatoms. The summed E-state index contributed by atoms with van der Waals surface area (Å²) in [5.41, 5.74) is 2.10. The number of piperazine rings is 1. The average molecular weight is 572 g/mol. The number of nitro groups is 1. The van der Waals surface area contributed by atoms with Crippen LogP contribution in [0.5, 0.6) is 0 Å². The van der Waals surface area contributed by atoms with E-state index in [9.17, 15) is 28.1 Å². The number of rotatable bonds is 8. The van der Waals surface area contributed by atoms with E-state index in [4.69, 9.17) is 4.74 Å². The van der Waals surface area contributed by atoms with Gasteiger partial charge in [-0.3, -0.25) is 14.9 Å². The van der Waals surface area contributed by atoms with Gasteiger partial charge in [-0.25, -0.2) is 13.2 Å². The van der Waals surface area contributed by atoms with Crippen molar-refractivity contribution in [2.75, 3.05) is 13.1 Å². The van der Waals surface area contributed by atoms with Crippen molar-refractivity contribution in [1.29, 1.82) is 0 Å². The van der Waals surface area contributed by atoms with Gasteiger partial charge in [0.05, 0.1) is 4.92 Å². The predicted molar refractivity (Wildman–Crippen MR) is 149 cm³/mol. The number of nitrogens with zero attached hydrogens (tertiary/aromatic N) is 3. The number of para-hydroxylation sites is 1. The molecule has 216 valence electrons. The third-order valence-electron chi connectivity index (χ3n) is 7.33. The summed E-state index contributed by atoms with van der Waals surface area (Å²) in [5, 5.41) is 11.6. The Morgan fingerprint density at radius 1 is 1.10 bits per heavy atom. The van der Waals surface area contributed by atoms with E-state index >= 15 is 0 Å². The summed E-state index contributed by atoms with van der Waals surface area (Å²) in [6, 6.07) is 9.14. The molecular formula is C29H37N3O7S. The molecule has 2 aromatic rings. The minimum absolute atomic E-state index is 0.0588. The largest absolute Gasteiger partial charge is 0.458 e. The van der Waals surface area contributed by atoms with E-state index in [0.29, 0.717) is 0 Å². The molecule has 0 saturated carbocycles. The molecule has 40 heavy (non-hydrogen) atoms. The second-order valence-corrected chi connectivity index (χ2v) is 13.6. The van der Waals surface area contributed by atoms with Gasteiger partial charge in [-0.2, -0.15) is 4.31 Å². The molecule has 1 amide bonds. The normalized spacial score (nSPS) is 19.0. The van der Waals surface area contributed by atoms with Crippen LogP contribution in [0.15, 0.2) is 47.4 Å². The van der Waals surface area contributed by atoms with Crippen molar-refractivity contribution in [1.82, 2.24) is 9.21 Å². The lowest BCUT2D eigenvalue weighted by Crippen LogP contribution is -2.64. The highest BCUT2D eigenvalue weighted by atomic mass is 32.2. The van der Waals surface area contributed by atoms with Crippen LogP contribution in [0.1, 0.15) is 57.7 Å². The summed E-state index contributed by atoms with van der Waals surface area (Å²) in [6.45, 7) is 8.53. The monoisotopic (exact) mass is 571 g/mol. The number of aryl methyl sites for hydroxylation is 2. The highest BCUT2D eigenvalue weighted by molar-refractivity contribution is 7.89. The second kappa shape index (κ2) is 11.3. The van der Waals surface area contributed by atoms with Crippen LogP contribution in [0, 0.1) is 16.0 Å². The first-order chi connectivity index (χ1) is 18.7. The first kappa shape index (κ1) is 29.7. The Balaban J connectivity index is 1.69. The van der Waals surface area contributed by atoms with Crippen molar-refractivity contribution in [2.45, 2.75) is 82.9 Å². The van der Waals surface area contributed by atoms with E-state index in [1.54, 1.807) is 34.6 Å². The van der Waals surface area contributed by atoms with Gasteiger partial charge in [0.15, 0.2) is 4.90 Å². The van der Waals surface area contributed by atoms with Crippen LogP contribution in [0.25, 0.3) is 0 Å². The van der Waals surface area contributed by atoms with Crippen LogP contribution in [-0.4, -0.2) is 65.2 Å². The van der Waals surface area contributed by atoms with Crippen LogP contribution in [0.2, 0.25) is 0 Å². The quantitative estimate of drug-likeness (QED) is 0.267. The molecule has 1 aliphatic carbocycles. The lowest BCUT2D eigenvalue weighted by atomic mass is 9.96. The van der Waals surface area contributed by atoms with Crippen molar-refractivity contribution in [2.24, 2.45) is 5.92 Å². The van der Waals surface area contributed by atoms with Crippen LogP contribution in [0.4, 0.5) is 5.69 Å². The molecule has 0 spiro atoms. The van der Waals surface area contributed by atoms with Gasteiger partial charge in [0.2, 0.25) is 5.91 Å². The van der Waals surface area contributed by atoms with E-state index in [1.807, 2.05) is 6.07 Å². The fraction of sp³-hybridized carbons (Fsp3) is 0.517. The molecule has 2 aliphatic rings. The number of esters is 1. The third-order valence-corrected chi connectivity index (χ3v) is 9.26. The van der Waals surface area contributed by atoms with Gasteiger partial charge in [0.25, 0.3) is 15.7 Å². The van der Waals surface area contributed by atoms with Gasteiger partial charge >= 0.3 is 5.97 Å². The Bertz CT molecular complexity index is 1410. The van der Waals surface area contributed by atoms with Crippen LogP contribution < -0.4 is 0 Å². The van der Waals surface area contributed by atoms with E-state index in [2.05, 4.69) is 12.1 Å². The second-order valence-electron chi connectivity index (χ2n) is 11.8. The lowest BCUT2D eigenvalue weighted by Gasteiger charge is -2.44. The van der Waals surface area contributed by atoms with E-state index < -0.39 is 61.0 Å². The number of carbonyl (C=O) groups is 2. The number of fused-ring (bicyclic) bond motifs is 1. The summed E-state index contributed by atoms with van der Waals surface area (Å²) in [7, 11) is -4.40. The molecule has 1 unspecified atom stereocenters. The predicted octanol–water partition coefficient (Wildman–Crippen LogP) is 3.89. The summed E-state index contributed by atoms with van der Waals surface area (Å²) in [4.78, 5) is 39.4. The maximum atomic E-state index is 14.0. The van der Waals surface area contributed by atoms with Gasteiger partial charge in [0.1, 0.15) is 17.7 Å². The van der Waals surface area contributed by atoms with Crippen molar-refractivity contribution < 1.29 is 27.7 Å². The molecule has 1 heterocycles. The molecule has 0 radical (unpaired) electrons. The number of hydrogen-bond acceptors (Lipinski definition) is 7. The minimum Gasteiger partial charge on any atom is -0.458 e. The first-order valence-corrected chi connectivity index (χ1v) is 15.0. The highest BCUT2D eigenvalue weighted by Crippen LogP contribution is 2.33. The molecule has 10 nitrogen and oxygen atoms in total. The van der Waals surface area contributed by atoms with Crippen molar-refractivity contribution >= 4 is 27.6 Å². The molecular weight excluding hydrogens is 534 g/mol. The summed E-state index contributed by atoms with van der Waals surface area (Å²) in [5.74, 6) is -1.55. The number of benzene rings is 2. The van der Waals surface area contributed by atoms with Crippen molar-refractivity contribution in [3.63, 3.8) is 0 Å². The number of amides is 1. The fourth-order valence-corrected chi connectivity index (χ4v) is 7.43. The zero-order valence-corrected chi connectivity index (χ0v) is 24.4. The number of ether oxygens (including phenoxy) is 1. The zero-order valence-electron chi connectivity index (χ0n) is 23.6. The molecule has 1 saturated heterocycles. The van der Waals surface area contributed by atoms with E-state index in [-0.39, 0.29) is 19.5 Å². The standard InChI is InChI=1S/C29H37N3O7S/c1-19(2)26-27(33)30(15-16-31(26)40(37,38)25-12-7-6-11-23(25)32(35)36)24(28(34)39-29(3,4)5)18-20-13-14-21-9-8-10-22(21)17-20/h6-7,11-14,17,19,24,26H,8-10,15-16,18H2,1-5H3/t24-,26?/m0/s1. The molecule has 4 rings (SSSR count). The molecule has 2 atom stereocenters.